The van der Waals surface area contributed by atoms with Gasteiger partial charge in [0.15, 0.2) is 11.5 Å². The molecular weight excluding hydrogens is 410 g/mol. The SMILES string of the molecule is COc1cc(C2CC(=O)N(Cc3ccccc3)c3ccccc3S2)cc(OC)c1OC. The third-order valence-corrected chi connectivity index (χ3v) is 6.65. The number of rotatable bonds is 6. The zero-order valence-corrected chi connectivity index (χ0v) is 18.6. The van der Waals surface area contributed by atoms with Gasteiger partial charge in [0.05, 0.1) is 33.6 Å². The van der Waals surface area contributed by atoms with E-state index in [1.165, 1.54) is 0 Å². The van der Waals surface area contributed by atoms with E-state index in [1.54, 1.807) is 33.1 Å². The maximum absolute atomic E-state index is 13.4. The van der Waals surface area contributed by atoms with Gasteiger partial charge in [-0.2, -0.15) is 0 Å². The van der Waals surface area contributed by atoms with Crippen molar-refractivity contribution in [3.63, 3.8) is 0 Å². The van der Waals surface area contributed by atoms with Gasteiger partial charge in [0.1, 0.15) is 0 Å². The maximum Gasteiger partial charge on any atom is 0.228 e. The lowest BCUT2D eigenvalue weighted by molar-refractivity contribution is -0.118. The largest absolute Gasteiger partial charge is 0.493 e. The Morgan fingerprint density at radius 3 is 2.19 bits per heavy atom. The van der Waals surface area contributed by atoms with Gasteiger partial charge in [-0.15, -0.1) is 11.8 Å². The highest BCUT2D eigenvalue weighted by atomic mass is 32.2. The topological polar surface area (TPSA) is 48.0 Å². The molecule has 1 heterocycles. The third-order valence-electron chi connectivity index (χ3n) is 5.33. The van der Waals surface area contributed by atoms with E-state index < -0.39 is 0 Å². The Morgan fingerprint density at radius 2 is 1.55 bits per heavy atom. The van der Waals surface area contributed by atoms with Crippen LogP contribution >= 0.6 is 11.8 Å². The Kier molecular flexibility index (Phi) is 6.37. The molecule has 0 radical (unpaired) electrons. The number of ether oxygens (including phenoxy) is 3. The first-order valence-corrected chi connectivity index (χ1v) is 10.9. The van der Waals surface area contributed by atoms with Crippen molar-refractivity contribution in [3.8, 4) is 17.2 Å². The maximum atomic E-state index is 13.4. The van der Waals surface area contributed by atoms with Crippen LogP contribution in [0.5, 0.6) is 17.2 Å². The molecule has 0 saturated carbocycles. The highest BCUT2D eigenvalue weighted by molar-refractivity contribution is 7.99. The van der Waals surface area contributed by atoms with Gasteiger partial charge >= 0.3 is 0 Å². The normalized spacial score (nSPS) is 15.8. The molecule has 1 amide bonds. The summed E-state index contributed by atoms with van der Waals surface area (Å²) in [5.41, 5.74) is 3.00. The van der Waals surface area contributed by atoms with Crippen LogP contribution in [0.15, 0.2) is 71.6 Å². The standard InChI is InChI=1S/C25H25NO4S/c1-28-20-13-18(14-21(29-2)25(20)30-3)23-15-24(27)26(16-17-9-5-4-6-10-17)19-11-7-8-12-22(19)31-23/h4-14,23H,15-16H2,1-3H3. The molecule has 1 unspecified atom stereocenters. The molecule has 0 saturated heterocycles. The van der Waals surface area contributed by atoms with Gasteiger partial charge in [0.25, 0.3) is 0 Å². The number of benzene rings is 3. The van der Waals surface area contributed by atoms with Crippen LogP contribution in [0.2, 0.25) is 0 Å². The fourth-order valence-corrected chi connectivity index (χ4v) is 5.05. The lowest BCUT2D eigenvalue weighted by atomic mass is 10.1. The number of fused-ring (bicyclic) bond motifs is 1. The summed E-state index contributed by atoms with van der Waals surface area (Å²) in [6.45, 7) is 0.541. The molecule has 4 rings (SSSR count). The fourth-order valence-electron chi connectivity index (χ4n) is 3.79. The summed E-state index contributed by atoms with van der Waals surface area (Å²) >= 11 is 1.69. The molecule has 0 spiro atoms. The zero-order valence-electron chi connectivity index (χ0n) is 17.8. The van der Waals surface area contributed by atoms with Crippen molar-refractivity contribution in [2.45, 2.75) is 23.1 Å². The van der Waals surface area contributed by atoms with E-state index in [0.717, 1.165) is 21.7 Å². The quantitative estimate of drug-likeness (QED) is 0.513. The molecule has 1 aliphatic rings. The Morgan fingerprint density at radius 1 is 0.903 bits per heavy atom. The van der Waals surface area contributed by atoms with E-state index in [-0.39, 0.29) is 11.2 Å². The molecule has 0 aromatic heterocycles. The van der Waals surface area contributed by atoms with Gasteiger partial charge < -0.3 is 19.1 Å². The molecule has 0 fully saturated rings. The van der Waals surface area contributed by atoms with Crippen LogP contribution in [0, 0.1) is 0 Å². The van der Waals surface area contributed by atoms with Crippen molar-refractivity contribution in [2.24, 2.45) is 0 Å². The van der Waals surface area contributed by atoms with E-state index in [2.05, 4.69) is 6.07 Å². The Bertz CT molecular complexity index is 1050. The molecule has 160 valence electrons. The molecular formula is C25H25NO4S. The number of carbonyl (C=O) groups is 1. The lowest BCUT2D eigenvalue weighted by Gasteiger charge is -2.23. The van der Waals surface area contributed by atoms with Crippen LogP contribution in [0.1, 0.15) is 22.8 Å². The van der Waals surface area contributed by atoms with Crippen molar-refractivity contribution >= 4 is 23.4 Å². The van der Waals surface area contributed by atoms with E-state index in [4.69, 9.17) is 14.2 Å². The molecule has 0 bridgehead atoms. The number of para-hydroxylation sites is 1. The van der Waals surface area contributed by atoms with Crippen LogP contribution in [-0.4, -0.2) is 27.2 Å². The summed E-state index contributed by atoms with van der Waals surface area (Å²) in [5.74, 6) is 1.80. The van der Waals surface area contributed by atoms with Crippen molar-refractivity contribution < 1.29 is 19.0 Å². The first kappa shape index (κ1) is 21.1. The minimum atomic E-state index is -0.0804. The molecule has 6 heteroatoms. The van der Waals surface area contributed by atoms with Crippen molar-refractivity contribution in [1.29, 1.82) is 0 Å². The number of carbonyl (C=O) groups excluding carboxylic acids is 1. The average molecular weight is 436 g/mol. The van der Waals surface area contributed by atoms with E-state index >= 15 is 0 Å². The van der Waals surface area contributed by atoms with Crippen LogP contribution in [0.4, 0.5) is 5.69 Å². The molecule has 1 atom stereocenters. The second kappa shape index (κ2) is 9.35. The van der Waals surface area contributed by atoms with E-state index in [1.807, 2.05) is 65.6 Å². The number of hydrogen-bond acceptors (Lipinski definition) is 5. The first-order valence-electron chi connectivity index (χ1n) is 10.0. The Hall–Kier alpha value is -3.12. The summed E-state index contributed by atoms with van der Waals surface area (Å²) < 4.78 is 16.5. The zero-order chi connectivity index (χ0) is 21.8. The highest BCUT2D eigenvalue weighted by Gasteiger charge is 2.30. The summed E-state index contributed by atoms with van der Waals surface area (Å²) in [6.07, 6.45) is 0.366. The van der Waals surface area contributed by atoms with Gasteiger partial charge in [-0.3, -0.25) is 4.79 Å². The summed E-state index contributed by atoms with van der Waals surface area (Å²) in [7, 11) is 4.79. The number of anilines is 1. The number of thioether (sulfide) groups is 1. The van der Waals surface area contributed by atoms with Gasteiger partial charge in [0, 0.05) is 16.6 Å². The van der Waals surface area contributed by atoms with Crippen molar-refractivity contribution in [1.82, 2.24) is 0 Å². The smallest absolute Gasteiger partial charge is 0.228 e. The number of methoxy groups -OCH3 is 3. The van der Waals surface area contributed by atoms with E-state index in [0.29, 0.717) is 30.2 Å². The van der Waals surface area contributed by atoms with Gasteiger partial charge in [-0.05, 0) is 35.4 Å². The monoisotopic (exact) mass is 435 g/mol. The molecule has 31 heavy (non-hydrogen) atoms. The van der Waals surface area contributed by atoms with Crippen molar-refractivity contribution in [3.05, 3.63) is 77.9 Å². The minimum Gasteiger partial charge on any atom is -0.493 e. The fraction of sp³-hybridized carbons (Fsp3) is 0.240. The van der Waals surface area contributed by atoms with Gasteiger partial charge in [-0.25, -0.2) is 0 Å². The molecule has 0 aliphatic carbocycles. The van der Waals surface area contributed by atoms with Gasteiger partial charge in [-0.1, -0.05) is 42.5 Å². The molecule has 3 aromatic rings. The first-order chi connectivity index (χ1) is 15.1. The van der Waals surface area contributed by atoms with Crippen LogP contribution < -0.4 is 19.1 Å². The van der Waals surface area contributed by atoms with Crippen LogP contribution in [0.25, 0.3) is 0 Å². The number of amides is 1. The predicted octanol–water partition coefficient (Wildman–Crippen LogP) is 5.48. The minimum absolute atomic E-state index is 0.0804. The Labute approximate surface area is 186 Å². The van der Waals surface area contributed by atoms with Gasteiger partial charge in [0.2, 0.25) is 11.7 Å². The molecule has 5 nitrogen and oxygen atoms in total. The highest BCUT2D eigenvalue weighted by Crippen LogP contribution is 2.49. The number of hydrogen-bond donors (Lipinski definition) is 0. The molecule has 1 aliphatic heterocycles. The second-order valence-corrected chi connectivity index (χ2v) is 8.45. The molecule has 3 aromatic carbocycles. The van der Waals surface area contributed by atoms with Crippen LogP contribution in [0.3, 0.4) is 0 Å². The third kappa shape index (κ3) is 4.35. The predicted molar refractivity (Wildman–Crippen MR) is 123 cm³/mol. The number of nitrogens with zero attached hydrogens (tertiary/aromatic N) is 1. The van der Waals surface area contributed by atoms with E-state index in [9.17, 15) is 4.79 Å². The van der Waals surface area contributed by atoms with Crippen molar-refractivity contribution in [2.75, 3.05) is 26.2 Å². The summed E-state index contributed by atoms with van der Waals surface area (Å²) in [5, 5.41) is -0.0804. The Balaban J connectivity index is 1.73. The summed E-state index contributed by atoms with van der Waals surface area (Å²) in [4.78, 5) is 16.4. The summed E-state index contributed by atoms with van der Waals surface area (Å²) in [6, 6.07) is 22.0. The average Bonchev–Trinajstić information content (AvgIpc) is 2.95. The second-order valence-electron chi connectivity index (χ2n) is 7.20. The lowest BCUT2D eigenvalue weighted by Crippen LogP contribution is -2.30. The molecule has 0 N–H and O–H groups in total. The van der Waals surface area contributed by atoms with Crippen LogP contribution in [-0.2, 0) is 11.3 Å².